The maximum Gasteiger partial charge on any atom is 0.335 e. The van der Waals surface area contributed by atoms with Gasteiger partial charge in [-0.3, -0.25) is 4.72 Å². The first-order valence-corrected chi connectivity index (χ1v) is 18.4. The predicted molar refractivity (Wildman–Crippen MR) is 201 cm³/mol. The molecule has 0 amide bonds. The number of anilines is 1. The van der Waals surface area contributed by atoms with Crippen LogP contribution in [-0.2, 0) is 11.3 Å². The average Bonchev–Trinajstić information content (AvgIpc) is 3.57. The Balaban J connectivity index is 0.00000248. The molecule has 1 aliphatic rings. The highest BCUT2D eigenvalue weighted by molar-refractivity contribution is 8.00. The van der Waals surface area contributed by atoms with Crippen LogP contribution in [-0.4, -0.2) is 56.9 Å². The highest BCUT2D eigenvalue weighted by atomic mass is 32.2. The number of aryl methyl sites for hydroxylation is 2. The standard InChI is InChI=1S/C37H42N6O5S.C2H6/c1-22(2)32-16-31-35(48-32)39-19-28(40-31)18-38-27(14-25-10-7-13-46-20-25)21-47-33-17-30(34-23(3)8-5-9-24(34)4)41-37(42-33)43-49-29-12-6-11-26(15-29)36(44)45;1-2/h5-6,8-9,11-12,15-17,19,22,25,27,38H,7,10,13-14,18,20-21H2,1-4H3,(H,44,45)(H,41,42,43);1-2H3. The first-order valence-electron chi connectivity index (χ1n) is 17.6. The minimum atomic E-state index is -0.983. The van der Waals surface area contributed by atoms with Crippen molar-refractivity contribution >= 4 is 35.1 Å². The largest absolute Gasteiger partial charge is 0.478 e. The maximum atomic E-state index is 11.5. The van der Waals surface area contributed by atoms with Gasteiger partial charge in [-0.1, -0.05) is 52.0 Å². The fraction of sp³-hybridized carbons (Fsp3) is 0.410. The minimum absolute atomic E-state index is 0.0112. The van der Waals surface area contributed by atoms with Crippen LogP contribution in [0.5, 0.6) is 5.88 Å². The number of furan rings is 1. The van der Waals surface area contributed by atoms with Gasteiger partial charge in [0.25, 0.3) is 0 Å². The van der Waals surface area contributed by atoms with Gasteiger partial charge in [0.1, 0.15) is 17.9 Å². The molecule has 0 aliphatic carbocycles. The van der Waals surface area contributed by atoms with Crippen molar-refractivity contribution in [1.82, 2.24) is 25.3 Å². The molecule has 12 heteroatoms. The third-order valence-electron chi connectivity index (χ3n) is 8.53. The van der Waals surface area contributed by atoms with Crippen LogP contribution in [0.15, 0.2) is 70.1 Å². The molecule has 4 heterocycles. The Morgan fingerprint density at radius 1 is 1.06 bits per heavy atom. The summed E-state index contributed by atoms with van der Waals surface area (Å²) in [5.41, 5.74) is 6.26. The molecule has 1 fully saturated rings. The number of aromatic carboxylic acids is 1. The van der Waals surface area contributed by atoms with Gasteiger partial charge >= 0.3 is 5.97 Å². The molecule has 270 valence electrons. The molecule has 3 aromatic heterocycles. The average molecular weight is 713 g/mol. The van der Waals surface area contributed by atoms with E-state index in [1.807, 2.05) is 38.1 Å². The van der Waals surface area contributed by atoms with Crippen LogP contribution in [0, 0.1) is 19.8 Å². The Morgan fingerprint density at radius 3 is 2.57 bits per heavy atom. The SMILES string of the molecule is CC.Cc1cccc(C)c1-c1cc(OCC(CC2CCCOC2)NCc2cnc3oc(C(C)C)cc3n2)nc(NSc2cccc(C(=O)O)c2)n1. The molecule has 1 saturated heterocycles. The number of fused-ring (bicyclic) bond motifs is 1. The van der Waals surface area contributed by atoms with Gasteiger partial charge in [0, 0.05) is 54.3 Å². The second-order valence-electron chi connectivity index (χ2n) is 12.8. The van der Waals surface area contributed by atoms with Crippen molar-refractivity contribution in [3.05, 3.63) is 88.9 Å². The van der Waals surface area contributed by atoms with Gasteiger partial charge in [-0.15, -0.1) is 0 Å². The first kappa shape index (κ1) is 37.7. The van der Waals surface area contributed by atoms with E-state index in [4.69, 9.17) is 28.8 Å². The molecular weight excluding hydrogens is 665 g/mol. The van der Waals surface area contributed by atoms with Crippen molar-refractivity contribution in [3.8, 4) is 17.1 Å². The lowest BCUT2D eigenvalue weighted by molar-refractivity contribution is 0.0446. The summed E-state index contributed by atoms with van der Waals surface area (Å²) in [5.74, 6) is 1.35. The van der Waals surface area contributed by atoms with E-state index in [1.54, 1.807) is 24.4 Å². The van der Waals surface area contributed by atoms with Crippen molar-refractivity contribution in [1.29, 1.82) is 0 Å². The van der Waals surface area contributed by atoms with Gasteiger partial charge in [-0.2, -0.15) is 4.98 Å². The Bertz CT molecular complexity index is 1890. The number of nitrogens with zero attached hydrogens (tertiary/aromatic N) is 4. The second-order valence-corrected chi connectivity index (χ2v) is 13.7. The van der Waals surface area contributed by atoms with Crippen LogP contribution in [0.25, 0.3) is 22.5 Å². The summed E-state index contributed by atoms with van der Waals surface area (Å²) in [6.45, 7) is 14.7. The lowest BCUT2D eigenvalue weighted by Crippen LogP contribution is -2.38. The third-order valence-corrected chi connectivity index (χ3v) is 9.31. The van der Waals surface area contributed by atoms with Gasteiger partial charge in [-0.25, -0.2) is 19.7 Å². The molecule has 2 unspecified atom stereocenters. The number of rotatable bonds is 14. The third kappa shape index (κ3) is 10.3. The van der Waals surface area contributed by atoms with E-state index < -0.39 is 5.97 Å². The van der Waals surface area contributed by atoms with E-state index in [2.05, 4.69) is 54.9 Å². The molecule has 51 heavy (non-hydrogen) atoms. The van der Waals surface area contributed by atoms with Crippen LogP contribution in [0.3, 0.4) is 0 Å². The Labute approximate surface area is 304 Å². The van der Waals surface area contributed by atoms with E-state index in [0.29, 0.717) is 36.6 Å². The monoisotopic (exact) mass is 712 g/mol. The van der Waals surface area contributed by atoms with E-state index >= 15 is 0 Å². The fourth-order valence-electron chi connectivity index (χ4n) is 5.98. The lowest BCUT2D eigenvalue weighted by Gasteiger charge is -2.27. The van der Waals surface area contributed by atoms with Crippen LogP contribution in [0.1, 0.15) is 85.8 Å². The zero-order valence-electron chi connectivity index (χ0n) is 30.2. The number of carboxylic acids is 1. The number of carbonyl (C=O) groups is 1. The van der Waals surface area contributed by atoms with Gasteiger partial charge in [0.05, 0.1) is 23.1 Å². The normalized spacial score (nSPS) is 14.9. The molecular formula is C39H48N6O5S. The number of hydrogen-bond donors (Lipinski definition) is 3. The zero-order valence-corrected chi connectivity index (χ0v) is 31.0. The van der Waals surface area contributed by atoms with Gasteiger partial charge in [-0.05, 0) is 80.3 Å². The number of carboxylic acid groups (broad SMARTS) is 1. The summed E-state index contributed by atoms with van der Waals surface area (Å²) < 4.78 is 21.3. The van der Waals surface area contributed by atoms with E-state index in [-0.39, 0.29) is 17.5 Å². The lowest BCUT2D eigenvalue weighted by atomic mass is 9.94. The van der Waals surface area contributed by atoms with Crippen LogP contribution < -0.4 is 14.8 Å². The van der Waals surface area contributed by atoms with E-state index in [9.17, 15) is 9.90 Å². The highest BCUT2D eigenvalue weighted by Crippen LogP contribution is 2.31. The molecule has 3 N–H and O–H groups in total. The molecule has 6 rings (SSSR count). The smallest absolute Gasteiger partial charge is 0.335 e. The van der Waals surface area contributed by atoms with Crippen molar-refractivity contribution in [2.75, 3.05) is 24.5 Å². The summed E-state index contributed by atoms with van der Waals surface area (Å²) in [6.07, 6.45) is 4.78. The summed E-state index contributed by atoms with van der Waals surface area (Å²) in [7, 11) is 0. The Kier molecular flexibility index (Phi) is 13.4. The summed E-state index contributed by atoms with van der Waals surface area (Å²) in [6, 6.07) is 16.7. The van der Waals surface area contributed by atoms with Gasteiger partial charge in [0.15, 0.2) is 0 Å². The molecule has 0 spiro atoms. The van der Waals surface area contributed by atoms with Crippen LogP contribution >= 0.6 is 11.9 Å². The highest BCUT2D eigenvalue weighted by Gasteiger charge is 2.22. The first-order chi connectivity index (χ1) is 24.7. The number of ether oxygens (including phenoxy) is 2. The Hall–Kier alpha value is -4.52. The second kappa shape index (κ2) is 18.1. The van der Waals surface area contributed by atoms with Gasteiger partial charge in [0.2, 0.25) is 17.5 Å². The molecule has 2 aromatic carbocycles. The van der Waals surface area contributed by atoms with E-state index in [0.717, 1.165) is 76.7 Å². The quantitative estimate of drug-likeness (QED) is 0.0948. The number of hydrogen-bond acceptors (Lipinski definition) is 11. The van der Waals surface area contributed by atoms with Crippen LogP contribution in [0.2, 0.25) is 0 Å². The number of benzene rings is 2. The summed E-state index contributed by atoms with van der Waals surface area (Å²) in [4.78, 5) is 31.1. The number of aromatic nitrogens is 4. The van der Waals surface area contributed by atoms with Crippen molar-refractivity contribution in [2.45, 2.75) is 84.2 Å². The fourth-order valence-corrected chi connectivity index (χ4v) is 6.61. The van der Waals surface area contributed by atoms with Gasteiger partial charge < -0.3 is 24.3 Å². The number of nitrogens with one attached hydrogen (secondary N) is 2. The molecule has 5 aromatic rings. The molecule has 1 aliphatic heterocycles. The predicted octanol–water partition coefficient (Wildman–Crippen LogP) is 8.62. The summed E-state index contributed by atoms with van der Waals surface area (Å²) in [5, 5.41) is 13.1. The Morgan fingerprint density at radius 2 is 1.84 bits per heavy atom. The summed E-state index contributed by atoms with van der Waals surface area (Å²) >= 11 is 1.24. The van der Waals surface area contributed by atoms with Crippen LogP contribution in [0.4, 0.5) is 5.95 Å². The van der Waals surface area contributed by atoms with Crippen molar-refractivity contribution in [3.63, 3.8) is 0 Å². The molecule has 2 atom stereocenters. The molecule has 11 nitrogen and oxygen atoms in total. The van der Waals surface area contributed by atoms with E-state index in [1.165, 1.54) is 11.9 Å². The molecule has 0 radical (unpaired) electrons. The minimum Gasteiger partial charge on any atom is -0.478 e. The maximum absolute atomic E-state index is 11.5. The van der Waals surface area contributed by atoms with Crippen molar-refractivity contribution in [2.24, 2.45) is 5.92 Å². The zero-order chi connectivity index (χ0) is 36.3. The molecule has 0 bridgehead atoms. The molecule has 0 saturated carbocycles. The van der Waals surface area contributed by atoms with Crippen molar-refractivity contribution < 1.29 is 23.8 Å². The topological polar surface area (TPSA) is 145 Å².